The van der Waals surface area contributed by atoms with E-state index in [4.69, 9.17) is 4.74 Å². The Morgan fingerprint density at radius 3 is 2.69 bits per heavy atom. The topological polar surface area (TPSA) is 147 Å². The van der Waals surface area contributed by atoms with E-state index >= 15 is 4.39 Å². The molecule has 13 heteroatoms. The number of amides is 1. The lowest BCUT2D eigenvalue weighted by molar-refractivity contribution is 0.102. The van der Waals surface area contributed by atoms with Gasteiger partial charge < -0.3 is 20.5 Å². The smallest absolute Gasteiger partial charge is 0.284 e. The highest BCUT2D eigenvalue weighted by atomic mass is 19.1. The third kappa shape index (κ3) is 5.29. The summed E-state index contributed by atoms with van der Waals surface area (Å²) >= 11 is 0. The van der Waals surface area contributed by atoms with E-state index < -0.39 is 23.1 Å². The van der Waals surface area contributed by atoms with Gasteiger partial charge in [0.15, 0.2) is 23.0 Å². The number of ether oxygens (including phenoxy) is 1. The predicted octanol–water partition coefficient (Wildman–Crippen LogP) is 4.40. The van der Waals surface area contributed by atoms with Crippen LogP contribution in [-0.4, -0.2) is 48.6 Å². The van der Waals surface area contributed by atoms with Crippen LogP contribution >= 0.6 is 0 Å². The third-order valence-corrected chi connectivity index (χ3v) is 7.21. The number of nitrogens with one attached hydrogen (secondary N) is 3. The number of aromatic nitrogens is 5. The van der Waals surface area contributed by atoms with Gasteiger partial charge in [0.2, 0.25) is 0 Å². The quantitative estimate of drug-likeness (QED) is 0.214. The van der Waals surface area contributed by atoms with E-state index in [0.29, 0.717) is 22.6 Å². The molecule has 2 unspecified atom stereocenters. The zero-order valence-electron chi connectivity index (χ0n) is 22.1. The maximum absolute atomic E-state index is 15.2. The molecule has 2 atom stereocenters. The Bertz CT molecular complexity index is 1820. The molecule has 2 aromatic carbocycles. The molecule has 1 aliphatic carbocycles. The lowest BCUT2D eigenvalue weighted by Gasteiger charge is -2.19. The fourth-order valence-corrected chi connectivity index (χ4v) is 5.06. The van der Waals surface area contributed by atoms with Crippen molar-refractivity contribution in [2.75, 3.05) is 17.2 Å². The second-order valence-electron chi connectivity index (χ2n) is 9.87. The first-order chi connectivity index (χ1) is 20.4. The number of H-pyrrole nitrogens is 1. The fraction of sp³-hybridized carbons (Fsp3) is 0.207. The van der Waals surface area contributed by atoms with Gasteiger partial charge in [-0.05, 0) is 55.3 Å². The number of carbonyl (C=O) groups is 1. The van der Waals surface area contributed by atoms with Crippen molar-refractivity contribution in [3.8, 4) is 17.2 Å². The minimum Gasteiger partial charge on any atom is -0.453 e. The highest BCUT2D eigenvalue weighted by molar-refractivity contribution is 6.04. The molecule has 214 valence electrons. The molecule has 6 rings (SSSR count). The van der Waals surface area contributed by atoms with Crippen molar-refractivity contribution in [3.05, 3.63) is 94.5 Å². The van der Waals surface area contributed by atoms with Crippen LogP contribution in [0.5, 0.6) is 11.5 Å². The van der Waals surface area contributed by atoms with Gasteiger partial charge in [-0.1, -0.05) is 6.42 Å². The molecule has 3 heterocycles. The minimum absolute atomic E-state index is 0.0365. The summed E-state index contributed by atoms with van der Waals surface area (Å²) in [6.45, 7) is 0.0707. The first kappa shape index (κ1) is 27.0. The average Bonchev–Trinajstić information content (AvgIpc) is 3.62. The Hall–Kier alpha value is -5.17. The summed E-state index contributed by atoms with van der Waals surface area (Å²) in [7, 11) is 0. The lowest BCUT2D eigenvalue weighted by Crippen LogP contribution is -2.29. The number of benzene rings is 2. The van der Waals surface area contributed by atoms with Crippen LogP contribution in [0.3, 0.4) is 0 Å². The van der Waals surface area contributed by atoms with Gasteiger partial charge in [-0.15, -0.1) is 0 Å². The molecular formula is C29H25F2N7O4. The average molecular weight is 574 g/mol. The van der Waals surface area contributed by atoms with Crippen molar-refractivity contribution in [2.45, 2.75) is 25.3 Å². The number of fused-ring (bicyclic) bond motifs is 1. The Morgan fingerprint density at radius 1 is 1.07 bits per heavy atom. The number of hydrogen-bond donors (Lipinski definition) is 4. The molecule has 1 fully saturated rings. The molecule has 0 bridgehead atoms. The highest BCUT2D eigenvalue weighted by Gasteiger charge is 2.28. The maximum atomic E-state index is 15.2. The van der Waals surface area contributed by atoms with Gasteiger partial charge in [-0.3, -0.25) is 14.7 Å². The van der Waals surface area contributed by atoms with Crippen LogP contribution < -0.4 is 20.9 Å². The van der Waals surface area contributed by atoms with Crippen molar-refractivity contribution < 1.29 is 23.4 Å². The molecule has 3 aromatic heterocycles. The first-order valence-corrected chi connectivity index (χ1v) is 13.2. The van der Waals surface area contributed by atoms with Crippen LogP contribution in [0.4, 0.5) is 20.3 Å². The van der Waals surface area contributed by atoms with Crippen molar-refractivity contribution in [2.24, 2.45) is 5.92 Å². The van der Waals surface area contributed by atoms with Crippen LogP contribution in [0.2, 0.25) is 0 Å². The van der Waals surface area contributed by atoms with Crippen molar-refractivity contribution >= 4 is 28.4 Å². The van der Waals surface area contributed by atoms with Gasteiger partial charge >= 0.3 is 0 Å². The normalized spacial score (nSPS) is 16.5. The maximum Gasteiger partial charge on any atom is 0.284 e. The summed E-state index contributed by atoms with van der Waals surface area (Å²) in [4.78, 5) is 30.1. The zero-order chi connectivity index (χ0) is 29.2. The molecule has 42 heavy (non-hydrogen) atoms. The third-order valence-electron chi connectivity index (χ3n) is 7.21. The Balaban J connectivity index is 1.21. The molecule has 0 saturated heterocycles. The lowest BCUT2D eigenvalue weighted by atomic mass is 10.1. The zero-order valence-corrected chi connectivity index (χ0v) is 22.1. The van der Waals surface area contributed by atoms with Gasteiger partial charge in [0, 0.05) is 48.8 Å². The molecular weight excluding hydrogens is 548 g/mol. The second kappa shape index (κ2) is 11.4. The highest BCUT2D eigenvalue weighted by Crippen LogP contribution is 2.36. The Kier molecular flexibility index (Phi) is 7.32. The van der Waals surface area contributed by atoms with Crippen molar-refractivity contribution in [3.63, 3.8) is 0 Å². The largest absolute Gasteiger partial charge is 0.453 e. The Labute approximate surface area is 237 Å². The predicted molar refractivity (Wildman–Crippen MR) is 150 cm³/mol. The summed E-state index contributed by atoms with van der Waals surface area (Å²) in [5.41, 5.74) is -0.143. The molecule has 4 N–H and O–H groups in total. The summed E-state index contributed by atoms with van der Waals surface area (Å²) in [6, 6.07) is 11.8. The van der Waals surface area contributed by atoms with E-state index in [2.05, 4.69) is 30.9 Å². The van der Waals surface area contributed by atoms with Crippen LogP contribution in [-0.2, 0) is 0 Å². The van der Waals surface area contributed by atoms with Crippen LogP contribution in [0.15, 0.2) is 71.8 Å². The monoisotopic (exact) mass is 573 g/mol. The van der Waals surface area contributed by atoms with Gasteiger partial charge in [0.1, 0.15) is 22.5 Å². The number of aliphatic hydroxyl groups excluding tert-OH is 1. The summed E-state index contributed by atoms with van der Waals surface area (Å²) in [5.74, 6) is -1.21. The van der Waals surface area contributed by atoms with E-state index in [1.54, 1.807) is 6.07 Å². The molecule has 1 saturated carbocycles. The summed E-state index contributed by atoms with van der Waals surface area (Å²) in [5, 5.41) is 27.2. The number of carbonyl (C=O) groups excluding carboxylic acids is 1. The van der Waals surface area contributed by atoms with Crippen LogP contribution in [0.25, 0.3) is 16.7 Å². The van der Waals surface area contributed by atoms with Gasteiger partial charge in [0.25, 0.3) is 11.5 Å². The minimum atomic E-state index is -0.774. The molecule has 0 aliphatic heterocycles. The van der Waals surface area contributed by atoms with Gasteiger partial charge in [0.05, 0.1) is 5.69 Å². The van der Waals surface area contributed by atoms with E-state index in [0.717, 1.165) is 30.0 Å². The number of halogens is 2. The molecule has 5 aromatic rings. The van der Waals surface area contributed by atoms with Crippen LogP contribution in [0, 0.1) is 17.6 Å². The summed E-state index contributed by atoms with van der Waals surface area (Å²) in [6.07, 6.45) is 5.57. The SMILES string of the molecule is O=C(Nc1ccc(Oc2ccnc3[nH]nc(NC4CCCC4CO)c23)c(F)c1)c1ccnn(-c2ccc(F)cc2)c1=O. The summed E-state index contributed by atoms with van der Waals surface area (Å²) < 4.78 is 35.3. The molecule has 11 nitrogen and oxygen atoms in total. The number of hydrogen-bond acceptors (Lipinski definition) is 8. The van der Waals surface area contributed by atoms with E-state index in [9.17, 15) is 19.1 Å². The number of aromatic amines is 1. The number of rotatable bonds is 8. The number of anilines is 2. The fourth-order valence-electron chi connectivity index (χ4n) is 5.06. The number of nitrogens with zero attached hydrogens (tertiary/aromatic N) is 4. The number of aliphatic hydroxyl groups is 1. The second-order valence-corrected chi connectivity index (χ2v) is 9.87. The molecule has 0 spiro atoms. The van der Waals surface area contributed by atoms with Gasteiger partial charge in [-0.25, -0.2) is 13.8 Å². The molecule has 1 amide bonds. The standard InChI is InChI=1S/C29H25F2N7O4/c30-17-4-7-19(8-5-17)38-29(41)20(10-13-33-38)28(40)34-18-6-9-23(21(31)14-18)42-24-11-12-32-26-25(24)27(37-36-26)35-22-3-1-2-16(22)15-39/h4-14,16,22,39H,1-3,15H2,(H,34,40)(H2,32,35,36,37). The van der Waals surface area contributed by atoms with Gasteiger partial charge in [-0.2, -0.15) is 14.9 Å². The first-order valence-electron chi connectivity index (χ1n) is 13.2. The van der Waals surface area contributed by atoms with Crippen molar-refractivity contribution in [1.29, 1.82) is 0 Å². The molecule has 0 radical (unpaired) electrons. The van der Waals surface area contributed by atoms with Crippen molar-refractivity contribution in [1.82, 2.24) is 25.0 Å². The number of pyridine rings is 1. The Morgan fingerprint density at radius 2 is 1.90 bits per heavy atom. The van der Waals surface area contributed by atoms with E-state index in [-0.39, 0.29) is 41.3 Å². The van der Waals surface area contributed by atoms with E-state index in [1.807, 2.05) is 0 Å². The van der Waals surface area contributed by atoms with E-state index in [1.165, 1.54) is 54.9 Å². The molecule has 1 aliphatic rings. The van der Waals surface area contributed by atoms with Crippen LogP contribution in [0.1, 0.15) is 29.6 Å².